The van der Waals surface area contributed by atoms with Gasteiger partial charge in [-0.2, -0.15) is 0 Å². The van der Waals surface area contributed by atoms with Crippen LogP contribution in [0.5, 0.6) is 0 Å². The van der Waals surface area contributed by atoms with Gasteiger partial charge in [-0.15, -0.1) is 0 Å². The summed E-state index contributed by atoms with van der Waals surface area (Å²) < 4.78 is 23.4. The van der Waals surface area contributed by atoms with Gasteiger partial charge in [-0.05, 0) is 31.9 Å². The van der Waals surface area contributed by atoms with E-state index in [9.17, 15) is 13.2 Å². The van der Waals surface area contributed by atoms with E-state index in [4.69, 9.17) is 0 Å². The molecule has 0 aromatic heterocycles. The van der Waals surface area contributed by atoms with Gasteiger partial charge >= 0.3 is 0 Å². The van der Waals surface area contributed by atoms with Gasteiger partial charge < -0.3 is 0 Å². The van der Waals surface area contributed by atoms with Crippen molar-refractivity contribution in [2.45, 2.75) is 44.7 Å². The van der Waals surface area contributed by atoms with Gasteiger partial charge in [-0.25, -0.2) is 8.42 Å². The van der Waals surface area contributed by atoms with Gasteiger partial charge in [0.15, 0.2) is 5.78 Å². The normalized spacial score (nSPS) is 27.0. The van der Waals surface area contributed by atoms with Crippen molar-refractivity contribution < 1.29 is 13.2 Å². The Morgan fingerprint density at radius 1 is 1.27 bits per heavy atom. The summed E-state index contributed by atoms with van der Waals surface area (Å²) in [5.74, 6) is 0.166. The van der Waals surface area contributed by atoms with Gasteiger partial charge in [0.1, 0.15) is 15.4 Å². The van der Waals surface area contributed by atoms with E-state index >= 15 is 0 Å². The Morgan fingerprint density at radius 2 is 1.91 bits per heavy atom. The summed E-state index contributed by atoms with van der Waals surface area (Å²) in [4.78, 5) is 15.1. The van der Waals surface area contributed by atoms with Crippen molar-refractivity contribution in [1.29, 1.82) is 0 Å². The van der Waals surface area contributed by atoms with Crippen molar-refractivity contribution in [2.24, 2.45) is 0 Å². The van der Waals surface area contributed by atoms with Crippen molar-refractivity contribution >= 4 is 15.6 Å². The second-order valence-electron chi connectivity index (χ2n) is 6.20. The molecule has 5 heteroatoms. The summed E-state index contributed by atoms with van der Waals surface area (Å²) in [6.45, 7) is 4.88. The first-order valence-corrected chi connectivity index (χ1v) is 9.90. The monoisotopic (exact) mass is 323 g/mol. The van der Waals surface area contributed by atoms with Gasteiger partial charge in [0, 0.05) is 18.7 Å². The Hall–Kier alpha value is -1.20. The van der Waals surface area contributed by atoms with E-state index in [2.05, 4.69) is 11.8 Å². The molecule has 0 radical (unpaired) electrons. The molecular formula is C17H25NO3S. The van der Waals surface area contributed by atoms with Crippen molar-refractivity contribution in [3.63, 3.8) is 0 Å². The summed E-state index contributed by atoms with van der Waals surface area (Å²) in [5, 5.41) is 0. The number of Topliss-reactive ketones (excluding diaryl/α,β-unsaturated/α-hetero) is 1. The fraction of sp³-hybridized carbons (Fsp3) is 0.588. The van der Waals surface area contributed by atoms with Crippen molar-refractivity contribution in [2.75, 3.05) is 18.6 Å². The van der Waals surface area contributed by atoms with Crippen LogP contribution in [-0.2, 0) is 20.2 Å². The highest BCUT2D eigenvalue weighted by Gasteiger charge is 2.48. The molecule has 0 aliphatic carbocycles. The maximum absolute atomic E-state index is 12.9. The number of benzene rings is 1. The van der Waals surface area contributed by atoms with Gasteiger partial charge in [-0.3, -0.25) is 9.69 Å². The van der Waals surface area contributed by atoms with Crippen molar-refractivity contribution in [1.82, 2.24) is 4.90 Å². The second-order valence-corrected chi connectivity index (χ2v) is 8.46. The molecule has 4 nitrogen and oxygen atoms in total. The molecule has 1 heterocycles. The zero-order valence-electron chi connectivity index (χ0n) is 13.6. The van der Waals surface area contributed by atoms with Crippen molar-refractivity contribution in [3.8, 4) is 0 Å². The minimum atomic E-state index is -3.12. The van der Waals surface area contributed by atoms with Crippen LogP contribution in [0.4, 0.5) is 0 Å². The largest absolute Gasteiger partial charge is 0.297 e. The zero-order chi connectivity index (χ0) is 16.4. The summed E-state index contributed by atoms with van der Waals surface area (Å²) >= 11 is 0. The van der Waals surface area contributed by atoms with E-state index in [1.54, 1.807) is 0 Å². The molecule has 1 aliphatic rings. The van der Waals surface area contributed by atoms with E-state index in [0.717, 1.165) is 18.5 Å². The molecule has 0 bridgehead atoms. The zero-order valence-corrected chi connectivity index (χ0v) is 14.4. The molecule has 2 rings (SSSR count). The molecule has 0 N–H and O–H groups in total. The molecule has 2 unspecified atom stereocenters. The lowest BCUT2D eigenvalue weighted by atomic mass is 9.75. The Labute approximate surface area is 133 Å². The third-order valence-corrected chi connectivity index (χ3v) is 5.65. The van der Waals surface area contributed by atoms with Gasteiger partial charge in [0.25, 0.3) is 0 Å². The van der Waals surface area contributed by atoms with E-state index in [1.165, 1.54) is 6.26 Å². The predicted molar refractivity (Wildman–Crippen MR) is 88.5 cm³/mol. The number of carbonyl (C=O) groups is 1. The number of sulfone groups is 1. The third kappa shape index (κ3) is 3.25. The van der Waals surface area contributed by atoms with Crippen LogP contribution in [0.25, 0.3) is 0 Å². The quantitative estimate of drug-likeness (QED) is 0.835. The third-order valence-electron chi connectivity index (χ3n) is 4.70. The first kappa shape index (κ1) is 17.2. The minimum absolute atomic E-state index is 0.0247. The van der Waals surface area contributed by atoms with Crippen molar-refractivity contribution in [3.05, 3.63) is 35.9 Å². The maximum atomic E-state index is 12.9. The lowest BCUT2D eigenvalue weighted by Crippen LogP contribution is -2.59. The molecule has 2 atom stereocenters. The Balaban J connectivity index is 2.54. The summed E-state index contributed by atoms with van der Waals surface area (Å²) in [6.07, 6.45) is 2.90. The topological polar surface area (TPSA) is 54.5 Å². The molecule has 122 valence electrons. The van der Waals surface area contributed by atoms with E-state index < -0.39 is 15.4 Å². The SMILES string of the molecule is CCN1C(C)CCC(=O)C1(CCS(C)(=O)=O)c1ccccc1. The number of hydrogen-bond donors (Lipinski definition) is 0. The fourth-order valence-corrected chi connectivity index (χ4v) is 4.29. The lowest BCUT2D eigenvalue weighted by Gasteiger charge is -2.49. The van der Waals surface area contributed by atoms with Crippen LogP contribution in [0.3, 0.4) is 0 Å². The number of nitrogens with zero attached hydrogens (tertiary/aromatic N) is 1. The Morgan fingerprint density at radius 3 is 2.45 bits per heavy atom. The minimum Gasteiger partial charge on any atom is -0.297 e. The van der Waals surface area contributed by atoms with Crippen LogP contribution >= 0.6 is 0 Å². The average molecular weight is 323 g/mol. The molecule has 0 spiro atoms. The highest BCUT2D eigenvalue weighted by atomic mass is 32.2. The van der Waals surface area contributed by atoms with Gasteiger partial charge in [0.2, 0.25) is 0 Å². The molecular weight excluding hydrogens is 298 g/mol. The standard InChI is InChI=1S/C17H25NO3S/c1-4-18-14(2)10-11-16(19)17(18,12-13-22(3,20)21)15-8-6-5-7-9-15/h5-9,14H,4,10-13H2,1-3H3. The fourth-order valence-electron chi connectivity index (χ4n) is 3.62. The summed E-state index contributed by atoms with van der Waals surface area (Å²) in [6, 6.07) is 9.90. The Bertz CT molecular complexity index is 627. The second kappa shape index (κ2) is 6.50. The predicted octanol–water partition coefficient (Wildman–Crippen LogP) is 2.39. The number of likely N-dealkylation sites (N-methyl/N-ethyl adjacent to an activating group) is 1. The van der Waals surface area contributed by atoms with Gasteiger partial charge in [-0.1, -0.05) is 37.3 Å². The lowest BCUT2D eigenvalue weighted by molar-refractivity contribution is -0.139. The highest BCUT2D eigenvalue weighted by molar-refractivity contribution is 7.90. The summed E-state index contributed by atoms with van der Waals surface area (Å²) in [5.41, 5.74) is 0.105. The van der Waals surface area contributed by atoms with Crippen LogP contribution in [0.15, 0.2) is 30.3 Å². The van der Waals surface area contributed by atoms with Crippen LogP contribution in [-0.4, -0.2) is 43.7 Å². The van der Waals surface area contributed by atoms with Crippen LogP contribution in [0.1, 0.15) is 38.7 Å². The van der Waals surface area contributed by atoms with E-state index in [1.807, 2.05) is 37.3 Å². The molecule has 0 saturated carbocycles. The van der Waals surface area contributed by atoms with Crippen LogP contribution in [0, 0.1) is 0 Å². The van der Waals surface area contributed by atoms with Crippen LogP contribution < -0.4 is 0 Å². The number of hydrogen-bond acceptors (Lipinski definition) is 4. The molecule has 22 heavy (non-hydrogen) atoms. The number of likely N-dealkylation sites (tertiary alicyclic amines) is 1. The smallest absolute Gasteiger partial charge is 0.157 e. The van der Waals surface area contributed by atoms with Gasteiger partial charge in [0.05, 0.1) is 5.75 Å². The summed E-state index contributed by atoms with van der Waals surface area (Å²) in [7, 11) is -3.12. The highest BCUT2D eigenvalue weighted by Crippen LogP contribution is 2.40. The molecule has 1 fully saturated rings. The molecule has 1 aromatic rings. The molecule has 1 aromatic carbocycles. The number of ketones is 1. The first-order chi connectivity index (χ1) is 10.3. The number of piperidine rings is 1. The van der Waals surface area contributed by atoms with E-state index in [0.29, 0.717) is 12.8 Å². The molecule has 1 saturated heterocycles. The number of carbonyl (C=O) groups excluding carboxylic acids is 1. The number of rotatable bonds is 5. The Kier molecular flexibility index (Phi) is 5.07. The van der Waals surface area contributed by atoms with E-state index in [-0.39, 0.29) is 17.6 Å². The first-order valence-electron chi connectivity index (χ1n) is 7.84. The molecule has 0 amide bonds. The average Bonchev–Trinajstić information content (AvgIpc) is 2.48. The maximum Gasteiger partial charge on any atom is 0.157 e. The molecule has 1 aliphatic heterocycles. The van der Waals surface area contributed by atoms with Crippen LogP contribution in [0.2, 0.25) is 0 Å².